The van der Waals surface area contributed by atoms with Gasteiger partial charge in [-0.1, -0.05) is 18.2 Å². The number of ether oxygens (including phenoxy) is 2. The van der Waals surface area contributed by atoms with Crippen LogP contribution in [0.15, 0.2) is 42.5 Å². The lowest BCUT2D eigenvalue weighted by Crippen LogP contribution is -2.44. The Bertz CT molecular complexity index is 1030. The number of nitrogens with one attached hydrogen (secondary N) is 1. The number of hydrogen-bond donors (Lipinski definition) is 4. The minimum Gasteiger partial charge on any atom is -0.465 e. The van der Waals surface area contributed by atoms with Crippen molar-refractivity contribution >= 4 is 17.0 Å². The SMILES string of the molecule is COC(=O)c1ccc2nc(-c3cccc(C4OC(CO)CC(O)C4O)c3)[nH]c2c1. The van der Waals surface area contributed by atoms with Crippen LogP contribution in [-0.2, 0) is 9.47 Å². The maximum Gasteiger partial charge on any atom is 0.337 e. The number of carbonyl (C=O) groups is 1. The van der Waals surface area contributed by atoms with E-state index < -0.39 is 30.4 Å². The van der Waals surface area contributed by atoms with Crippen molar-refractivity contribution in [3.05, 3.63) is 53.6 Å². The fraction of sp³-hybridized carbons (Fsp3) is 0.333. The van der Waals surface area contributed by atoms with Gasteiger partial charge in [-0.05, 0) is 29.8 Å². The molecule has 29 heavy (non-hydrogen) atoms. The first-order valence-corrected chi connectivity index (χ1v) is 9.31. The molecule has 4 N–H and O–H groups in total. The van der Waals surface area contributed by atoms with E-state index in [-0.39, 0.29) is 13.0 Å². The summed E-state index contributed by atoms with van der Waals surface area (Å²) in [7, 11) is 1.33. The van der Waals surface area contributed by atoms with Gasteiger partial charge in [0.2, 0.25) is 0 Å². The van der Waals surface area contributed by atoms with Crippen LogP contribution in [0.5, 0.6) is 0 Å². The monoisotopic (exact) mass is 398 g/mol. The second kappa shape index (κ2) is 7.92. The van der Waals surface area contributed by atoms with E-state index in [9.17, 15) is 20.1 Å². The number of imidazole rings is 1. The van der Waals surface area contributed by atoms with E-state index in [4.69, 9.17) is 9.47 Å². The molecule has 8 nitrogen and oxygen atoms in total. The average molecular weight is 398 g/mol. The molecule has 3 aromatic rings. The highest BCUT2D eigenvalue weighted by molar-refractivity contribution is 5.94. The summed E-state index contributed by atoms with van der Waals surface area (Å²) in [4.78, 5) is 19.5. The van der Waals surface area contributed by atoms with Gasteiger partial charge in [-0.25, -0.2) is 9.78 Å². The zero-order valence-electron chi connectivity index (χ0n) is 15.8. The van der Waals surface area contributed by atoms with Crippen LogP contribution in [0, 0.1) is 0 Å². The number of aromatic nitrogens is 2. The lowest BCUT2D eigenvalue weighted by molar-refractivity contribution is -0.179. The van der Waals surface area contributed by atoms with Gasteiger partial charge in [-0.3, -0.25) is 0 Å². The molecule has 4 rings (SSSR count). The van der Waals surface area contributed by atoms with Crippen LogP contribution in [0.1, 0.15) is 28.4 Å². The van der Waals surface area contributed by atoms with Gasteiger partial charge >= 0.3 is 5.97 Å². The summed E-state index contributed by atoms with van der Waals surface area (Å²) >= 11 is 0. The van der Waals surface area contributed by atoms with Crippen LogP contribution in [0.2, 0.25) is 0 Å². The summed E-state index contributed by atoms with van der Waals surface area (Å²) in [6.45, 7) is -0.230. The molecule has 4 unspecified atom stereocenters. The number of nitrogens with zero attached hydrogens (tertiary/aromatic N) is 1. The van der Waals surface area contributed by atoms with Crippen molar-refractivity contribution in [2.24, 2.45) is 0 Å². The molecule has 0 saturated carbocycles. The number of esters is 1. The van der Waals surface area contributed by atoms with E-state index >= 15 is 0 Å². The maximum atomic E-state index is 11.7. The summed E-state index contributed by atoms with van der Waals surface area (Å²) in [5.41, 5.74) is 3.24. The lowest BCUT2D eigenvalue weighted by atomic mass is 9.92. The fourth-order valence-corrected chi connectivity index (χ4v) is 3.60. The Hall–Kier alpha value is -2.78. The van der Waals surface area contributed by atoms with E-state index in [0.717, 1.165) is 5.56 Å². The molecule has 4 atom stereocenters. The summed E-state index contributed by atoms with van der Waals surface area (Å²) in [5, 5.41) is 29.8. The molecule has 8 heteroatoms. The van der Waals surface area contributed by atoms with Crippen LogP contribution in [0.3, 0.4) is 0 Å². The number of hydrogen-bond acceptors (Lipinski definition) is 7. The van der Waals surface area contributed by atoms with Gasteiger partial charge in [-0.15, -0.1) is 0 Å². The van der Waals surface area contributed by atoms with Crippen molar-refractivity contribution in [3.63, 3.8) is 0 Å². The standard InChI is InChI=1S/C21H22N2O6/c1-28-21(27)13-5-6-15-16(8-13)23-20(22-15)12-4-2-3-11(7-12)19-18(26)17(25)9-14(10-24)29-19/h2-8,14,17-19,24-26H,9-10H2,1H3,(H,22,23). The van der Waals surface area contributed by atoms with Gasteiger partial charge in [0.1, 0.15) is 18.0 Å². The Morgan fingerprint density at radius 3 is 2.86 bits per heavy atom. The second-order valence-electron chi connectivity index (χ2n) is 7.09. The van der Waals surface area contributed by atoms with Crippen LogP contribution >= 0.6 is 0 Å². The summed E-state index contributed by atoms with van der Waals surface area (Å²) in [5.74, 6) is 0.166. The quantitative estimate of drug-likeness (QED) is 0.492. The van der Waals surface area contributed by atoms with Gasteiger partial charge in [0.15, 0.2) is 0 Å². The molecule has 0 bridgehead atoms. The molecule has 1 aliphatic rings. The molecule has 0 radical (unpaired) electrons. The molecule has 1 saturated heterocycles. The lowest BCUT2D eigenvalue weighted by Gasteiger charge is -2.36. The van der Waals surface area contributed by atoms with E-state index in [2.05, 4.69) is 9.97 Å². The number of carbonyl (C=O) groups excluding carboxylic acids is 1. The predicted octanol–water partition coefficient (Wildman–Crippen LogP) is 1.56. The number of benzene rings is 2. The van der Waals surface area contributed by atoms with Gasteiger partial charge in [0.05, 0.1) is 42.5 Å². The number of fused-ring (bicyclic) bond motifs is 1. The second-order valence-corrected chi connectivity index (χ2v) is 7.09. The third kappa shape index (κ3) is 3.75. The number of H-pyrrole nitrogens is 1. The molecule has 1 aromatic heterocycles. The molecular formula is C21H22N2O6. The third-order valence-corrected chi connectivity index (χ3v) is 5.14. The largest absolute Gasteiger partial charge is 0.465 e. The number of rotatable bonds is 4. The third-order valence-electron chi connectivity index (χ3n) is 5.14. The number of aliphatic hydroxyl groups is 3. The van der Waals surface area contributed by atoms with Crippen LogP contribution < -0.4 is 0 Å². The minimum absolute atomic E-state index is 0.181. The highest BCUT2D eigenvalue weighted by atomic mass is 16.5. The van der Waals surface area contributed by atoms with Crippen molar-refractivity contribution in [1.29, 1.82) is 0 Å². The van der Waals surface area contributed by atoms with Gasteiger partial charge < -0.3 is 29.8 Å². The Kier molecular flexibility index (Phi) is 5.33. The predicted molar refractivity (Wildman–Crippen MR) is 104 cm³/mol. The molecular weight excluding hydrogens is 376 g/mol. The van der Waals surface area contributed by atoms with Crippen LogP contribution in [0.4, 0.5) is 0 Å². The molecule has 2 aromatic carbocycles. The molecule has 1 fully saturated rings. The van der Waals surface area contributed by atoms with Crippen LogP contribution in [0.25, 0.3) is 22.4 Å². The van der Waals surface area contributed by atoms with Gasteiger partial charge in [-0.2, -0.15) is 0 Å². The van der Waals surface area contributed by atoms with Gasteiger partial charge in [0.25, 0.3) is 0 Å². The van der Waals surface area contributed by atoms with Crippen molar-refractivity contribution in [2.45, 2.75) is 30.8 Å². The Labute approximate surface area is 166 Å². The zero-order chi connectivity index (χ0) is 20.5. The van der Waals surface area contributed by atoms with E-state index in [0.29, 0.717) is 28.0 Å². The van der Waals surface area contributed by atoms with E-state index in [1.54, 1.807) is 24.3 Å². The van der Waals surface area contributed by atoms with Crippen molar-refractivity contribution < 1.29 is 29.6 Å². The van der Waals surface area contributed by atoms with E-state index in [1.165, 1.54) is 7.11 Å². The Balaban J connectivity index is 1.67. The number of aliphatic hydroxyl groups excluding tert-OH is 3. The number of aromatic amines is 1. The summed E-state index contributed by atoms with van der Waals surface area (Å²) in [6.07, 6.45) is -3.18. The van der Waals surface area contributed by atoms with E-state index in [1.807, 2.05) is 18.2 Å². The van der Waals surface area contributed by atoms with Gasteiger partial charge in [0, 0.05) is 12.0 Å². The topological polar surface area (TPSA) is 125 Å². The zero-order valence-corrected chi connectivity index (χ0v) is 15.8. The van der Waals surface area contributed by atoms with Crippen LogP contribution in [-0.4, -0.2) is 63.3 Å². The molecule has 0 spiro atoms. The first kappa shape index (κ1) is 19.5. The molecule has 2 heterocycles. The molecule has 0 aliphatic carbocycles. The molecule has 152 valence electrons. The molecule has 0 amide bonds. The van der Waals surface area contributed by atoms with Crippen molar-refractivity contribution in [1.82, 2.24) is 9.97 Å². The number of methoxy groups -OCH3 is 1. The highest BCUT2D eigenvalue weighted by Crippen LogP contribution is 2.33. The first-order chi connectivity index (χ1) is 14.0. The van der Waals surface area contributed by atoms with Crippen molar-refractivity contribution in [2.75, 3.05) is 13.7 Å². The Morgan fingerprint density at radius 1 is 1.28 bits per heavy atom. The minimum atomic E-state index is -1.09. The first-order valence-electron chi connectivity index (χ1n) is 9.31. The summed E-state index contributed by atoms with van der Waals surface area (Å²) < 4.78 is 10.5. The van der Waals surface area contributed by atoms with Crippen molar-refractivity contribution in [3.8, 4) is 11.4 Å². The fourth-order valence-electron chi connectivity index (χ4n) is 3.60. The highest BCUT2D eigenvalue weighted by Gasteiger charge is 2.37. The average Bonchev–Trinajstić information content (AvgIpc) is 3.18. The molecule has 1 aliphatic heterocycles. The maximum absolute atomic E-state index is 11.7. The Morgan fingerprint density at radius 2 is 2.10 bits per heavy atom. The summed E-state index contributed by atoms with van der Waals surface area (Å²) in [6, 6.07) is 12.3. The smallest absolute Gasteiger partial charge is 0.337 e. The normalized spacial score (nSPS) is 24.6.